The Hall–Kier alpha value is -1.33. The number of thiocarbonyl (C=S) groups is 1. The summed E-state index contributed by atoms with van der Waals surface area (Å²) in [6.07, 6.45) is 1.19. The first-order valence-electron chi connectivity index (χ1n) is 5.51. The summed E-state index contributed by atoms with van der Waals surface area (Å²) in [5.41, 5.74) is 5.84. The minimum Gasteiger partial charge on any atom is -0.506 e. The molecule has 0 spiro atoms. The second-order valence-electron chi connectivity index (χ2n) is 3.92. The zero-order chi connectivity index (χ0) is 13.7. The van der Waals surface area contributed by atoms with Crippen LogP contribution in [0.4, 0.5) is 0 Å². The summed E-state index contributed by atoms with van der Waals surface area (Å²) in [7, 11) is 0. The van der Waals surface area contributed by atoms with Gasteiger partial charge in [-0.25, -0.2) is 0 Å². The topological polar surface area (TPSA) is 75.3 Å². The van der Waals surface area contributed by atoms with Crippen LogP contribution in [0.1, 0.15) is 30.1 Å². The molecule has 0 aliphatic heterocycles. The average molecular weight is 287 g/mol. The molecule has 0 bridgehead atoms. The fourth-order valence-corrected chi connectivity index (χ4v) is 1.84. The molecule has 0 radical (unpaired) electrons. The number of amides is 1. The van der Waals surface area contributed by atoms with Crippen LogP contribution in [0.25, 0.3) is 0 Å². The van der Waals surface area contributed by atoms with Crippen molar-refractivity contribution in [3.05, 3.63) is 28.8 Å². The molecule has 0 aliphatic carbocycles. The van der Waals surface area contributed by atoms with Gasteiger partial charge in [-0.15, -0.1) is 0 Å². The van der Waals surface area contributed by atoms with Gasteiger partial charge >= 0.3 is 0 Å². The lowest BCUT2D eigenvalue weighted by Crippen LogP contribution is -2.37. The molecule has 0 aromatic heterocycles. The van der Waals surface area contributed by atoms with Gasteiger partial charge in [0.1, 0.15) is 5.75 Å². The third-order valence-corrected chi connectivity index (χ3v) is 2.95. The third kappa shape index (κ3) is 4.16. The number of benzene rings is 1. The normalized spacial score (nSPS) is 11.9. The molecule has 18 heavy (non-hydrogen) atoms. The maximum absolute atomic E-state index is 11.9. The van der Waals surface area contributed by atoms with E-state index in [9.17, 15) is 9.90 Å². The number of hydrogen-bond donors (Lipinski definition) is 3. The van der Waals surface area contributed by atoms with E-state index in [0.29, 0.717) is 17.0 Å². The second-order valence-corrected chi connectivity index (χ2v) is 4.85. The van der Waals surface area contributed by atoms with Gasteiger partial charge in [-0.05, 0) is 24.6 Å². The smallest absolute Gasteiger partial charge is 0.251 e. The van der Waals surface area contributed by atoms with Gasteiger partial charge in [-0.3, -0.25) is 4.79 Å². The van der Waals surface area contributed by atoms with Gasteiger partial charge in [0, 0.05) is 18.0 Å². The molecule has 1 atom stereocenters. The van der Waals surface area contributed by atoms with E-state index in [4.69, 9.17) is 29.6 Å². The van der Waals surface area contributed by atoms with E-state index in [1.54, 1.807) is 0 Å². The average Bonchev–Trinajstić information content (AvgIpc) is 2.31. The van der Waals surface area contributed by atoms with Crippen LogP contribution >= 0.6 is 23.8 Å². The molecule has 98 valence electrons. The monoisotopic (exact) mass is 286 g/mol. The maximum Gasteiger partial charge on any atom is 0.251 e. The van der Waals surface area contributed by atoms with E-state index in [-0.39, 0.29) is 22.7 Å². The number of carbonyl (C=O) groups excluding carboxylic acids is 1. The molecule has 1 rings (SSSR count). The van der Waals surface area contributed by atoms with Crippen LogP contribution < -0.4 is 11.1 Å². The van der Waals surface area contributed by atoms with Gasteiger partial charge in [-0.1, -0.05) is 30.7 Å². The fraction of sp³-hybridized carbons (Fsp3) is 0.333. The largest absolute Gasteiger partial charge is 0.506 e. The highest BCUT2D eigenvalue weighted by Crippen LogP contribution is 2.23. The Morgan fingerprint density at radius 1 is 1.61 bits per heavy atom. The molecule has 4 nitrogen and oxygen atoms in total. The van der Waals surface area contributed by atoms with E-state index in [2.05, 4.69) is 5.32 Å². The van der Waals surface area contributed by atoms with Crippen molar-refractivity contribution in [2.45, 2.75) is 25.8 Å². The number of carbonyl (C=O) groups is 1. The summed E-state index contributed by atoms with van der Waals surface area (Å²) >= 11 is 10.6. The lowest BCUT2D eigenvalue weighted by Gasteiger charge is -2.16. The van der Waals surface area contributed by atoms with Crippen LogP contribution in [0.2, 0.25) is 5.02 Å². The van der Waals surface area contributed by atoms with Crippen molar-refractivity contribution < 1.29 is 9.90 Å². The molecule has 1 amide bonds. The minimum atomic E-state index is -0.264. The number of phenols is 1. The van der Waals surface area contributed by atoms with Gasteiger partial charge in [0.05, 0.1) is 10.0 Å². The summed E-state index contributed by atoms with van der Waals surface area (Å²) in [5, 5.41) is 12.2. The molecule has 4 N–H and O–H groups in total. The fourth-order valence-electron chi connectivity index (χ4n) is 1.46. The molecule has 1 aromatic carbocycles. The van der Waals surface area contributed by atoms with Gasteiger partial charge in [0.25, 0.3) is 5.91 Å². The molecule has 0 heterocycles. The predicted octanol–water partition coefficient (Wildman–Crippen LogP) is 2.23. The van der Waals surface area contributed by atoms with Crippen molar-refractivity contribution in [1.82, 2.24) is 5.32 Å². The van der Waals surface area contributed by atoms with Crippen LogP contribution in [-0.4, -0.2) is 22.0 Å². The van der Waals surface area contributed by atoms with E-state index < -0.39 is 0 Å². The van der Waals surface area contributed by atoms with Crippen LogP contribution in [0.15, 0.2) is 18.2 Å². The zero-order valence-corrected chi connectivity index (χ0v) is 11.5. The first kappa shape index (κ1) is 14.7. The number of nitrogens with two attached hydrogens (primary N) is 1. The highest BCUT2D eigenvalue weighted by Gasteiger charge is 2.14. The Morgan fingerprint density at radius 2 is 2.28 bits per heavy atom. The SMILES string of the molecule is CCC(CC(N)=S)NC(=O)c1ccc(O)c(Cl)c1. The lowest BCUT2D eigenvalue weighted by molar-refractivity contribution is 0.0937. The van der Waals surface area contributed by atoms with Gasteiger partial charge in [0.2, 0.25) is 0 Å². The number of nitrogens with one attached hydrogen (secondary N) is 1. The molecule has 0 aliphatic rings. The first-order chi connectivity index (χ1) is 8.43. The van der Waals surface area contributed by atoms with Crippen LogP contribution in [0.3, 0.4) is 0 Å². The molecular formula is C12H15ClN2O2S. The molecule has 0 saturated carbocycles. The third-order valence-electron chi connectivity index (χ3n) is 2.49. The Morgan fingerprint density at radius 3 is 2.78 bits per heavy atom. The van der Waals surface area contributed by atoms with Crippen LogP contribution in [0.5, 0.6) is 5.75 Å². The van der Waals surface area contributed by atoms with Crippen LogP contribution in [0, 0.1) is 0 Å². The molecule has 6 heteroatoms. The molecule has 0 saturated heterocycles. The number of hydrogen-bond acceptors (Lipinski definition) is 3. The van der Waals surface area contributed by atoms with E-state index in [0.717, 1.165) is 6.42 Å². The number of halogens is 1. The number of aromatic hydroxyl groups is 1. The van der Waals surface area contributed by atoms with Crippen molar-refractivity contribution >= 4 is 34.7 Å². The van der Waals surface area contributed by atoms with Crippen molar-refractivity contribution in [3.63, 3.8) is 0 Å². The van der Waals surface area contributed by atoms with E-state index >= 15 is 0 Å². The quantitative estimate of drug-likeness (QED) is 0.726. The Labute approximate surface area is 116 Å². The highest BCUT2D eigenvalue weighted by atomic mass is 35.5. The zero-order valence-electron chi connectivity index (χ0n) is 9.94. The molecule has 0 fully saturated rings. The van der Waals surface area contributed by atoms with Crippen molar-refractivity contribution in [2.24, 2.45) is 5.73 Å². The van der Waals surface area contributed by atoms with E-state index in [1.165, 1.54) is 18.2 Å². The van der Waals surface area contributed by atoms with Crippen LogP contribution in [-0.2, 0) is 0 Å². The summed E-state index contributed by atoms with van der Waals surface area (Å²) in [6.45, 7) is 1.94. The highest BCUT2D eigenvalue weighted by molar-refractivity contribution is 7.80. The number of phenolic OH excluding ortho intramolecular Hbond substituents is 1. The second kappa shape index (κ2) is 6.56. The first-order valence-corrected chi connectivity index (χ1v) is 6.30. The Balaban J connectivity index is 2.74. The molecular weight excluding hydrogens is 272 g/mol. The lowest BCUT2D eigenvalue weighted by atomic mass is 10.1. The summed E-state index contributed by atoms with van der Waals surface area (Å²) < 4.78 is 0. The van der Waals surface area contributed by atoms with Gasteiger partial charge in [-0.2, -0.15) is 0 Å². The Kier molecular flexibility index (Phi) is 5.37. The summed E-state index contributed by atoms with van der Waals surface area (Å²) in [4.78, 5) is 12.3. The minimum absolute atomic E-state index is 0.0524. The van der Waals surface area contributed by atoms with E-state index in [1.807, 2.05) is 6.92 Å². The Bertz CT molecular complexity index is 465. The molecule has 1 aromatic rings. The summed E-state index contributed by atoms with van der Waals surface area (Å²) in [5.74, 6) is -0.316. The molecule has 1 unspecified atom stereocenters. The maximum atomic E-state index is 11.9. The van der Waals surface area contributed by atoms with Gasteiger partial charge in [0.15, 0.2) is 0 Å². The standard InChI is InChI=1S/C12H15ClN2O2S/c1-2-8(6-11(14)18)15-12(17)7-3-4-10(16)9(13)5-7/h3-5,8,16H,2,6H2,1H3,(H2,14,18)(H,15,17). The van der Waals surface area contributed by atoms with Crippen molar-refractivity contribution in [3.8, 4) is 5.75 Å². The summed E-state index contributed by atoms with van der Waals surface area (Å²) in [6, 6.07) is 4.21. The van der Waals surface area contributed by atoms with Crippen molar-refractivity contribution in [2.75, 3.05) is 0 Å². The predicted molar refractivity (Wildman–Crippen MR) is 76.1 cm³/mol. The number of rotatable bonds is 5. The van der Waals surface area contributed by atoms with Crippen molar-refractivity contribution in [1.29, 1.82) is 0 Å². The van der Waals surface area contributed by atoms with Gasteiger partial charge < -0.3 is 16.2 Å².